The second kappa shape index (κ2) is 5.01. The molecule has 1 amide bonds. The molecule has 7 heteroatoms. The predicted molar refractivity (Wildman–Crippen MR) is 72.9 cm³/mol. The number of hydrogen-bond acceptors (Lipinski definition) is 4. The van der Waals surface area contributed by atoms with Crippen LogP contribution in [-0.4, -0.2) is 43.0 Å². The van der Waals surface area contributed by atoms with E-state index in [0.717, 1.165) is 5.82 Å². The zero-order valence-corrected chi connectivity index (χ0v) is 11.5. The van der Waals surface area contributed by atoms with Gasteiger partial charge in [-0.2, -0.15) is 0 Å². The van der Waals surface area contributed by atoms with E-state index < -0.39 is 5.97 Å². The number of aromatic nitrogens is 3. The maximum absolute atomic E-state index is 12.4. The van der Waals surface area contributed by atoms with E-state index in [1.54, 1.807) is 18.0 Å². The first-order chi connectivity index (χ1) is 10.1. The number of pyridine rings is 1. The summed E-state index contributed by atoms with van der Waals surface area (Å²) < 4.78 is 2.01. The SMILES string of the molecule is Cc1nc(C(=O)N2CCn3ccnc3C2)ccc1C(=O)O. The molecule has 0 aromatic carbocycles. The van der Waals surface area contributed by atoms with E-state index in [9.17, 15) is 9.59 Å². The summed E-state index contributed by atoms with van der Waals surface area (Å²) >= 11 is 0. The van der Waals surface area contributed by atoms with Crippen molar-refractivity contribution in [2.24, 2.45) is 0 Å². The van der Waals surface area contributed by atoms with Gasteiger partial charge in [-0.3, -0.25) is 4.79 Å². The Morgan fingerprint density at radius 3 is 2.81 bits per heavy atom. The summed E-state index contributed by atoms with van der Waals surface area (Å²) in [5.74, 6) is -0.406. The average molecular weight is 286 g/mol. The zero-order chi connectivity index (χ0) is 15.0. The first kappa shape index (κ1) is 13.3. The van der Waals surface area contributed by atoms with E-state index >= 15 is 0 Å². The molecule has 0 atom stereocenters. The minimum absolute atomic E-state index is 0.112. The third-order valence-corrected chi connectivity index (χ3v) is 3.57. The highest BCUT2D eigenvalue weighted by molar-refractivity contribution is 5.94. The van der Waals surface area contributed by atoms with Crippen molar-refractivity contribution in [3.05, 3.63) is 47.3 Å². The smallest absolute Gasteiger partial charge is 0.337 e. The first-order valence-electron chi connectivity index (χ1n) is 6.56. The lowest BCUT2D eigenvalue weighted by Crippen LogP contribution is -2.38. The van der Waals surface area contributed by atoms with Crippen LogP contribution in [0.3, 0.4) is 0 Å². The highest BCUT2D eigenvalue weighted by Gasteiger charge is 2.23. The molecule has 3 heterocycles. The Kier molecular flexibility index (Phi) is 3.17. The predicted octanol–water partition coefficient (Wildman–Crippen LogP) is 0.941. The van der Waals surface area contributed by atoms with Crippen LogP contribution in [0.1, 0.15) is 32.4 Å². The van der Waals surface area contributed by atoms with Crippen LogP contribution in [0.25, 0.3) is 0 Å². The van der Waals surface area contributed by atoms with Crippen LogP contribution in [-0.2, 0) is 13.1 Å². The average Bonchev–Trinajstić information content (AvgIpc) is 2.93. The van der Waals surface area contributed by atoms with Gasteiger partial charge in [0.25, 0.3) is 5.91 Å². The molecule has 0 saturated carbocycles. The van der Waals surface area contributed by atoms with Crippen LogP contribution in [0.5, 0.6) is 0 Å². The second-order valence-corrected chi connectivity index (χ2v) is 4.90. The standard InChI is InChI=1S/C14H14N4O3/c1-9-10(14(20)21)2-3-11(16-9)13(19)18-7-6-17-5-4-15-12(17)8-18/h2-5H,6-8H2,1H3,(H,20,21). The minimum atomic E-state index is -1.04. The molecule has 0 radical (unpaired) electrons. The van der Waals surface area contributed by atoms with Gasteiger partial charge in [-0.15, -0.1) is 0 Å². The number of hydrogen-bond donors (Lipinski definition) is 1. The Bertz CT molecular complexity index is 723. The maximum atomic E-state index is 12.4. The highest BCUT2D eigenvalue weighted by atomic mass is 16.4. The van der Waals surface area contributed by atoms with E-state index in [-0.39, 0.29) is 17.2 Å². The van der Waals surface area contributed by atoms with Gasteiger partial charge in [0.05, 0.1) is 17.8 Å². The van der Waals surface area contributed by atoms with E-state index in [1.807, 2.05) is 10.8 Å². The summed E-state index contributed by atoms with van der Waals surface area (Å²) in [6, 6.07) is 2.88. The molecule has 7 nitrogen and oxygen atoms in total. The van der Waals surface area contributed by atoms with Crippen LogP contribution in [0.4, 0.5) is 0 Å². The number of amides is 1. The number of fused-ring (bicyclic) bond motifs is 1. The number of aromatic carboxylic acids is 1. The zero-order valence-electron chi connectivity index (χ0n) is 11.5. The van der Waals surface area contributed by atoms with Crippen molar-refractivity contribution in [2.75, 3.05) is 6.54 Å². The van der Waals surface area contributed by atoms with Crippen molar-refractivity contribution in [2.45, 2.75) is 20.0 Å². The Balaban J connectivity index is 1.83. The first-order valence-corrected chi connectivity index (χ1v) is 6.56. The van der Waals surface area contributed by atoms with E-state index in [4.69, 9.17) is 5.11 Å². The molecule has 0 saturated heterocycles. The molecule has 0 aliphatic carbocycles. The number of aryl methyl sites for hydroxylation is 1. The number of imidazole rings is 1. The van der Waals surface area contributed by atoms with E-state index in [2.05, 4.69) is 9.97 Å². The number of rotatable bonds is 2. The summed E-state index contributed by atoms with van der Waals surface area (Å²) in [6.07, 6.45) is 3.61. The van der Waals surface area contributed by atoms with Crippen LogP contribution in [0, 0.1) is 6.92 Å². The van der Waals surface area contributed by atoms with Crippen molar-refractivity contribution >= 4 is 11.9 Å². The molecule has 108 valence electrons. The molecule has 1 aliphatic rings. The van der Waals surface area contributed by atoms with E-state index in [0.29, 0.717) is 25.3 Å². The number of carboxylic acids is 1. The number of carbonyl (C=O) groups excluding carboxylic acids is 1. The Hall–Kier alpha value is -2.70. The van der Waals surface area contributed by atoms with Gasteiger partial charge in [0.15, 0.2) is 0 Å². The molecular weight excluding hydrogens is 272 g/mol. The van der Waals surface area contributed by atoms with Crippen LogP contribution >= 0.6 is 0 Å². The van der Waals surface area contributed by atoms with Crippen molar-refractivity contribution in [1.82, 2.24) is 19.4 Å². The second-order valence-electron chi connectivity index (χ2n) is 4.90. The maximum Gasteiger partial charge on any atom is 0.337 e. The quantitative estimate of drug-likeness (QED) is 0.887. The van der Waals surface area contributed by atoms with Gasteiger partial charge in [0.1, 0.15) is 11.5 Å². The molecule has 2 aromatic rings. The number of carbonyl (C=O) groups is 2. The molecule has 1 N–H and O–H groups in total. The van der Waals surface area contributed by atoms with Crippen molar-refractivity contribution in [1.29, 1.82) is 0 Å². The lowest BCUT2D eigenvalue weighted by atomic mass is 10.1. The Morgan fingerprint density at radius 1 is 1.29 bits per heavy atom. The van der Waals surface area contributed by atoms with Gasteiger partial charge < -0.3 is 14.6 Å². The molecule has 0 spiro atoms. The Labute approximate surface area is 120 Å². The fourth-order valence-corrected chi connectivity index (χ4v) is 2.42. The molecule has 0 unspecified atom stereocenters. The van der Waals surface area contributed by atoms with Crippen LogP contribution in [0.15, 0.2) is 24.5 Å². The van der Waals surface area contributed by atoms with Crippen molar-refractivity contribution in [3.63, 3.8) is 0 Å². The molecular formula is C14H14N4O3. The third kappa shape index (κ3) is 2.37. The van der Waals surface area contributed by atoms with E-state index in [1.165, 1.54) is 12.1 Å². The Morgan fingerprint density at radius 2 is 2.10 bits per heavy atom. The molecule has 3 rings (SSSR count). The lowest BCUT2D eigenvalue weighted by Gasteiger charge is -2.27. The number of carboxylic acid groups (broad SMARTS) is 1. The third-order valence-electron chi connectivity index (χ3n) is 3.57. The monoisotopic (exact) mass is 286 g/mol. The van der Waals surface area contributed by atoms with Gasteiger partial charge in [0, 0.05) is 25.5 Å². The van der Waals surface area contributed by atoms with Gasteiger partial charge in [-0.1, -0.05) is 0 Å². The van der Waals surface area contributed by atoms with Gasteiger partial charge in [-0.25, -0.2) is 14.8 Å². The van der Waals surface area contributed by atoms with Crippen LogP contribution < -0.4 is 0 Å². The molecule has 0 bridgehead atoms. The molecule has 2 aromatic heterocycles. The van der Waals surface area contributed by atoms with Gasteiger partial charge in [-0.05, 0) is 19.1 Å². The highest BCUT2D eigenvalue weighted by Crippen LogP contribution is 2.14. The number of nitrogens with zero attached hydrogens (tertiary/aromatic N) is 4. The summed E-state index contributed by atoms with van der Waals surface area (Å²) in [5.41, 5.74) is 0.713. The van der Waals surface area contributed by atoms with Crippen LogP contribution in [0.2, 0.25) is 0 Å². The molecule has 21 heavy (non-hydrogen) atoms. The topological polar surface area (TPSA) is 88.3 Å². The van der Waals surface area contributed by atoms with Gasteiger partial charge >= 0.3 is 5.97 Å². The summed E-state index contributed by atoms with van der Waals surface area (Å²) in [7, 11) is 0. The molecule has 0 fully saturated rings. The fourth-order valence-electron chi connectivity index (χ4n) is 2.42. The minimum Gasteiger partial charge on any atom is -0.478 e. The lowest BCUT2D eigenvalue weighted by molar-refractivity contribution is 0.0682. The fraction of sp³-hybridized carbons (Fsp3) is 0.286. The van der Waals surface area contributed by atoms with Crippen molar-refractivity contribution < 1.29 is 14.7 Å². The largest absolute Gasteiger partial charge is 0.478 e. The summed E-state index contributed by atoms with van der Waals surface area (Å²) in [4.78, 5) is 33.4. The summed E-state index contributed by atoms with van der Waals surface area (Å²) in [6.45, 7) is 3.31. The summed E-state index contributed by atoms with van der Waals surface area (Å²) in [5, 5.41) is 8.98. The normalized spacial score (nSPS) is 13.9. The van der Waals surface area contributed by atoms with Crippen molar-refractivity contribution in [3.8, 4) is 0 Å². The molecule has 1 aliphatic heterocycles. The van der Waals surface area contributed by atoms with Gasteiger partial charge in [0.2, 0.25) is 0 Å².